The van der Waals surface area contributed by atoms with Crippen LogP contribution in [0.5, 0.6) is 0 Å². The molecule has 0 bridgehead atoms. The van der Waals surface area contributed by atoms with E-state index in [2.05, 4.69) is 51.8 Å². The summed E-state index contributed by atoms with van der Waals surface area (Å²) in [6, 6.07) is 0. The van der Waals surface area contributed by atoms with Crippen LogP contribution in [0, 0.1) is 16.2 Å². The Kier molecular flexibility index (Phi) is 11.9. The third-order valence-electron chi connectivity index (χ3n) is 5.81. The highest BCUT2D eigenvalue weighted by Crippen LogP contribution is 2.67. The molecule has 1 atom stereocenters. The van der Waals surface area contributed by atoms with E-state index in [0.29, 0.717) is 58.3 Å². The third-order valence-corrected chi connectivity index (χ3v) is 5.81. The van der Waals surface area contributed by atoms with Gasteiger partial charge in [-0.15, -0.1) is 0 Å². The molecule has 1 fully saturated rings. The Labute approximate surface area is 195 Å². The maximum absolute atomic E-state index is 12.8. The van der Waals surface area contributed by atoms with E-state index in [1.165, 1.54) is 0 Å². The fourth-order valence-electron chi connectivity index (χ4n) is 4.00. The van der Waals surface area contributed by atoms with Crippen molar-refractivity contribution in [3.63, 3.8) is 0 Å². The average molecular weight is 455 g/mol. The summed E-state index contributed by atoms with van der Waals surface area (Å²) in [5.41, 5.74) is 0.517. The van der Waals surface area contributed by atoms with Crippen molar-refractivity contribution in [3.8, 4) is 0 Å². The first kappa shape index (κ1) is 28.6. The first-order valence-corrected chi connectivity index (χ1v) is 11.9. The highest BCUT2D eigenvalue weighted by Gasteiger charge is 2.66. The van der Waals surface area contributed by atoms with Gasteiger partial charge in [-0.2, -0.15) is 0 Å². The Morgan fingerprint density at radius 1 is 0.875 bits per heavy atom. The zero-order valence-corrected chi connectivity index (χ0v) is 21.2. The molecular formula is C25H46N2O5. The maximum Gasteiger partial charge on any atom is 0.246 e. The summed E-state index contributed by atoms with van der Waals surface area (Å²) in [5.74, 6) is 0.0750. The molecule has 0 saturated heterocycles. The smallest absolute Gasteiger partial charge is 0.246 e. The molecule has 0 aromatic heterocycles. The van der Waals surface area contributed by atoms with Crippen molar-refractivity contribution < 1.29 is 23.8 Å². The van der Waals surface area contributed by atoms with Gasteiger partial charge in [0, 0.05) is 31.9 Å². The van der Waals surface area contributed by atoms with Gasteiger partial charge in [0.15, 0.2) is 0 Å². The van der Waals surface area contributed by atoms with Gasteiger partial charge in [0.2, 0.25) is 11.8 Å². The second kappa shape index (κ2) is 13.3. The molecule has 1 aliphatic carbocycles. The first-order chi connectivity index (χ1) is 14.9. The summed E-state index contributed by atoms with van der Waals surface area (Å²) in [4.78, 5) is 24.1. The third kappa shape index (κ3) is 10.5. The standard InChI is InChI=1S/C25H46N2O5/c1-20(2)21(28)26-10-8-12-30-14-16-32-17-15-31-13-9-11-27-22(29)25(18-23(3,4)5)19-24(25,6)7/h1,8-19H2,2-7H3,(H,26,28)(H,27,29). The summed E-state index contributed by atoms with van der Waals surface area (Å²) in [6.45, 7) is 20.7. The van der Waals surface area contributed by atoms with Gasteiger partial charge in [-0.05, 0) is 43.4 Å². The van der Waals surface area contributed by atoms with Crippen molar-refractivity contribution >= 4 is 11.8 Å². The van der Waals surface area contributed by atoms with E-state index in [0.717, 1.165) is 25.7 Å². The molecule has 0 aliphatic heterocycles. The molecule has 0 aromatic rings. The van der Waals surface area contributed by atoms with Gasteiger partial charge >= 0.3 is 0 Å². The second-order valence-electron chi connectivity index (χ2n) is 10.7. The minimum Gasteiger partial charge on any atom is -0.379 e. The monoisotopic (exact) mass is 454 g/mol. The molecule has 1 aliphatic rings. The van der Waals surface area contributed by atoms with Crippen LogP contribution in [0.1, 0.15) is 67.2 Å². The van der Waals surface area contributed by atoms with Gasteiger partial charge in [-0.3, -0.25) is 9.59 Å². The predicted molar refractivity (Wildman–Crippen MR) is 127 cm³/mol. The lowest BCUT2D eigenvalue weighted by Gasteiger charge is -2.28. The number of nitrogens with one attached hydrogen (secondary N) is 2. The second-order valence-corrected chi connectivity index (χ2v) is 10.7. The lowest BCUT2D eigenvalue weighted by atomic mass is 9.78. The van der Waals surface area contributed by atoms with E-state index < -0.39 is 0 Å². The lowest BCUT2D eigenvalue weighted by molar-refractivity contribution is -0.128. The highest BCUT2D eigenvalue weighted by atomic mass is 16.5. The summed E-state index contributed by atoms with van der Waals surface area (Å²) >= 11 is 0. The van der Waals surface area contributed by atoms with Gasteiger partial charge < -0.3 is 24.8 Å². The molecule has 7 nitrogen and oxygen atoms in total. The number of amides is 2. The fraction of sp³-hybridized carbons (Fsp3) is 0.840. The van der Waals surface area contributed by atoms with Crippen molar-refractivity contribution in [2.24, 2.45) is 16.2 Å². The lowest BCUT2D eigenvalue weighted by Crippen LogP contribution is -2.38. The molecule has 186 valence electrons. The zero-order chi connectivity index (χ0) is 24.3. The van der Waals surface area contributed by atoms with Crippen LogP contribution in [0.25, 0.3) is 0 Å². The van der Waals surface area contributed by atoms with E-state index >= 15 is 0 Å². The maximum atomic E-state index is 12.8. The van der Waals surface area contributed by atoms with Crippen LogP contribution in [-0.2, 0) is 23.8 Å². The van der Waals surface area contributed by atoms with Crippen LogP contribution in [0.4, 0.5) is 0 Å². The molecule has 0 heterocycles. The zero-order valence-electron chi connectivity index (χ0n) is 21.2. The van der Waals surface area contributed by atoms with E-state index in [-0.39, 0.29) is 28.1 Å². The number of hydrogen-bond acceptors (Lipinski definition) is 5. The molecule has 1 rings (SSSR count). The molecule has 0 radical (unpaired) electrons. The van der Waals surface area contributed by atoms with Gasteiger partial charge in [0.1, 0.15) is 0 Å². The van der Waals surface area contributed by atoms with Crippen LogP contribution < -0.4 is 10.6 Å². The molecular weight excluding hydrogens is 408 g/mol. The Bertz CT molecular complexity index is 612. The topological polar surface area (TPSA) is 85.9 Å². The molecule has 0 spiro atoms. The van der Waals surface area contributed by atoms with Gasteiger partial charge in [0.25, 0.3) is 0 Å². The van der Waals surface area contributed by atoms with E-state index in [1.807, 2.05) is 0 Å². The molecule has 1 unspecified atom stereocenters. The SMILES string of the molecule is C=C(C)C(=O)NCCCOCCOCCOCCCNC(=O)C1(CC(C)(C)C)CC1(C)C. The predicted octanol–water partition coefficient (Wildman–Crippen LogP) is 3.48. The van der Waals surface area contributed by atoms with Crippen molar-refractivity contribution in [3.05, 3.63) is 12.2 Å². The van der Waals surface area contributed by atoms with Gasteiger partial charge in [-0.1, -0.05) is 41.2 Å². The number of carbonyl (C=O) groups is 2. The summed E-state index contributed by atoms with van der Waals surface area (Å²) in [5, 5.41) is 5.88. The molecule has 2 N–H and O–H groups in total. The molecule has 0 aromatic carbocycles. The van der Waals surface area contributed by atoms with Crippen LogP contribution >= 0.6 is 0 Å². The fourth-order valence-corrected chi connectivity index (χ4v) is 4.00. The number of carbonyl (C=O) groups excluding carboxylic acids is 2. The molecule has 2 amide bonds. The highest BCUT2D eigenvalue weighted by molar-refractivity contribution is 5.92. The average Bonchev–Trinajstić information content (AvgIpc) is 3.23. The Morgan fingerprint density at radius 3 is 1.72 bits per heavy atom. The van der Waals surface area contributed by atoms with E-state index in [9.17, 15) is 9.59 Å². The Hall–Kier alpha value is -1.44. The Balaban J connectivity index is 1.94. The largest absolute Gasteiger partial charge is 0.379 e. The van der Waals surface area contributed by atoms with Crippen molar-refractivity contribution in [2.45, 2.75) is 67.2 Å². The summed E-state index contributed by atoms with van der Waals surface area (Å²) < 4.78 is 16.5. The van der Waals surface area contributed by atoms with Crippen LogP contribution in [0.15, 0.2) is 12.2 Å². The summed E-state index contributed by atoms with van der Waals surface area (Å²) in [7, 11) is 0. The van der Waals surface area contributed by atoms with E-state index in [4.69, 9.17) is 14.2 Å². The quantitative estimate of drug-likeness (QED) is 0.260. The minimum atomic E-state index is -0.222. The minimum absolute atomic E-state index is 0.0858. The van der Waals surface area contributed by atoms with Crippen LogP contribution in [-0.4, -0.2) is 64.5 Å². The van der Waals surface area contributed by atoms with Crippen LogP contribution in [0.3, 0.4) is 0 Å². The van der Waals surface area contributed by atoms with Crippen molar-refractivity contribution in [1.29, 1.82) is 0 Å². The van der Waals surface area contributed by atoms with Crippen LogP contribution in [0.2, 0.25) is 0 Å². The summed E-state index contributed by atoms with van der Waals surface area (Å²) in [6.07, 6.45) is 3.43. The molecule has 32 heavy (non-hydrogen) atoms. The van der Waals surface area contributed by atoms with Gasteiger partial charge in [0.05, 0.1) is 31.8 Å². The molecule has 1 saturated carbocycles. The first-order valence-electron chi connectivity index (χ1n) is 11.9. The normalized spacial score (nSPS) is 19.4. The number of rotatable bonds is 17. The van der Waals surface area contributed by atoms with Crippen molar-refractivity contribution in [2.75, 3.05) is 52.7 Å². The van der Waals surface area contributed by atoms with Crippen molar-refractivity contribution in [1.82, 2.24) is 10.6 Å². The number of ether oxygens (including phenoxy) is 3. The Morgan fingerprint density at radius 2 is 1.31 bits per heavy atom. The molecule has 7 heteroatoms. The van der Waals surface area contributed by atoms with E-state index in [1.54, 1.807) is 6.92 Å². The number of hydrogen-bond donors (Lipinski definition) is 2. The van der Waals surface area contributed by atoms with Gasteiger partial charge in [-0.25, -0.2) is 0 Å².